The van der Waals surface area contributed by atoms with Crippen molar-refractivity contribution in [2.45, 2.75) is 15.2 Å². The highest BCUT2D eigenvalue weighted by molar-refractivity contribution is 8.00. The number of hydrogen-bond donors (Lipinski definition) is 0. The topological polar surface area (TPSA) is 0 Å². The van der Waals surface area contributed by atoms with Crippen molar-refractivity contribution in [3.8, 4) is 55.6 Å². The molecule has 1 unspecified atom stereocenters. The second kappa shape index (κ2) is 11.2. The lowest BCUT2D eigenvalue weighted by Gasteiger charge is -2.31. The zero-order valence-corrected chi connectivity index (χ0v) is 31.2. The van der Waals surface area contributed by atoms with Crippen molar-refractivity contribution in [1.29, 1.82) is 0 Å². The van der Waals surface area contributed by atoms with Gasteiger partial charge in [0.2, 0.25) is 0 Å². The van der Waals surface area contributed by atoms with Gasteiger partial charge in [0.25, 0.3) is 0 Å². The van der Waals surface area contributed by atoms with Crippen LogP contribution in [0.3, 0.4) is 0 Å². The fraction of sp³-hybridized carbons (Fsp3) is 0.0182. The Morgan fingerprint density at radius 3 is 1.79 bits per heavy atom. The summed E-state index contributed by atoms with van der Waals surface area (Å²) in [5.74, 6) is 0. The predicted molar refractivity (Wildman–Crippen MR) is 236 cm³/mol. The van der Waals surface area contributed by atoms with Gasteiger partial charge < -0.3 is 0 Å². The Labute approximate surface area is 329 Å². The second-order valence-electron chi connectivity index (χ2n) is 15.5. The highest BCUT2D eigenvalue weighted by Crippen LogP contribution is 2.64. The Hall–Kier alpha value is -6.67. The molecule has 0 fully saturated rings. The third kappa shape index (κ3) is 3.86. The van der Waals surface area contributed by atoms with Crippen LogP contribution >= 0.6 is 11.8 Å². The molecule has 10 aromatic rings. The summed E-state index contributed by atoms with van der Waals surface area (Å²) >= 11 is 1.91. The van der Waals surface area contributed by atoms with Gasteiger partial charge in [-0.05, 0) is 117 Å². The first-order valence-electron chi connectivity index (χ1n) is 19.5. The van der Waals surface area contributed by atoms with Gasteiger partial charge in [-0.15, -0.1) is 0 Å². The summed E-state index contributed by atoms with van der Waals surface area (Å²) in [6.07, 6.45) is 0. The lowest BCUT2D eigenvalue weighted by atomic mass is 9.70. The van der Waals surface area contributed by atoms with E-state index in [0.29, 0.717) is 0 Å². The van der Waals surface area contributed by atoms with E-state index in [0.717, 1.165) is 0 Å². The summed E-state index contributed by atoms with van der Waals surface area (Å²) in [7, 11) is 0. The summed E-state index contributed by atoms with van der Waals surface area (Å²) < 4.78 is 0. The molecule has 0 nitrogen and oxygen atoms in total. The minimum atomic E-state index is -0.410. The Balaban J connectivity index is 1.05. The molecule has 10 aromatic carbocycles. The predicted octanol–water partition coefficient (Wildman–Crippen LogP) is 15.0. The van der Waals surface area contributed by atoms with E-state index in [9.17, 15) is 0 Å². The summed E-state index contributed by atoms with van der Waals surface area (Å²) in [6, 6.07) is 73.2. The van der Waals surface area contributed by atoms with Gasteiger partial charge in [0.15, 0.2) is 0 Å². The van der Waals surface area contributed by atoms with Crippen LogP contribution in [-0.4, -0.2) is 0 Å². The van der Waals surface area contributed by atoms with Gasteiger partial charge in [-0.2, -0.15) is 0 Å². The maximum atomic E-state index is 2.52. The maximum Gasteiger partial charge on any atom is 0.0725 e. The summed E-state index contributed by atoms with van der Waals surface area (Å²) in [5, 5.41) is 7.80. The molecule has 258 valence electrons. The Bertz CT molecular complexity index is 3350. The summed E-state index contributed by atoms with van der Waals surface area (Å²) in [5.41, 5.74) is 18.2. The summed E-state index contributed by atoms with van der Waals surface area (Å²) in [6.45, 7) is 0. The first-order chi connectivity index (χ1) is 27.8. The third-order valence-corrected chi connectivity index (χ3v) is 14.1. The van der Waals surface area contributed by atoms with Gasteiger partial charge in [0.1, 0.15) is 0 Å². The molecule has 0 amide bonds. The Kier molecular flexibility index (Phi) is 6.13. The molecule has 0 saturated heterocycles. The Morgan fingerprint density at radius 2 is 0.911 bits per heavy atom. The molecule has 1 heteroatoms. The highest BCUT2D eigenvalue weighted by Gasteiger charge is 2.52. The van der Waals surface area contributed by atoms with Gasteiger partial charge in [0, 0.05) is 15.2 Å². The zero-order chi connectivity index (χ0) is 36.5. The van der Waals surface area contributed by atoms with Crippen LogP contribution in [0.1, 0.15) is 22.3 Å². The normalized spacial score (nSPS) is 15.5. The third-order valence-electron chi connectivity index (χ3n) is 12.9. The SMILES string of the molecule is c1ccc2c(c1)Sc1c(-c3ccc(-c4ccc5c(c4)C4(c6ccccc6-5)c5ccccc5-c5c4ccc4ccccc54)c4ccccc34)ccc3cccc-2c13. The van der Waals surface area contributed by atoms with E-state index >= 15 is 0 Å². The molecule has 56 heavy (non-hydrogen) atoms. The van der Waals surface area contributed by atoms with E-state index in [1.165, 1.54) is 120 Å². The van der Waals surface area contributed by atoms with Crippen LogP contribution in [0.15, 0.2) is 204 Å². The first-order valence-corrected chi connectivity index (χ1v) is 20.3. The van der Waals surface area contributed by atoms with Gasteiger partial charge in [-0.25, -0.2) is 0 Å². The minimum absolute atomic E-state index is 0.410. The molecule has 13 rings (SSSR count). The van der Waals surface area contributed by atoms with E-state index < -0.39 is 5.41 Å². The molecule has 2 aliphatic carbocycles. The van der Waals surface area contributed by atoms with Gasteiger partial charge in [-0.3, -0.25) is 0 Å². The van der Waals surface area contributed by atoms with Crippen molar-refractivity contribution in [3.05, 3.63) is 216 Å². The van der Waals surface area contributed by atoms with Crippen molar-refractivity contribution in [2.24, 2.45) is 0 Å². The average Bonchev–Trinajstić information content (AvgIpc) is 3.74. The molecule has 1 heterocycles. The number of rotatable bonds is 2. The van der Waals surface area contributed by atoms with E-state index in [-0.39, 0.29) is 0 Å². The molecule has 1 spiro atoms. The fourth-order valence-corrected chi connectivity index (χ4v) is 11.9. The maximum absolute atomic E-state index is 2.52. The van der Waals surface area contributed by atoms with Crippen LogP contribution < -0.4 is 0 Å². The molecule has 1 aliphatic heterocycles. The van der Waals surface area contributed by atoms with E-state index in [1.54, 1.807) is 0 Å². The first kappa shape index (κ1) is 30.6. The molecule has 3 aliphatic rings. The van der Waals surface area contributed by atoms with Crippen molar-refractivity contribution >= 4 is 44.1 Å². The number of fused-ring (bicyclic) bond motifs is 15. The van der Waals surface area contributed by atoms with E-state index in [1.807, 2.05) is 11.8 Å². The molecule has 0 radical (unpaired) electrons. The quantitative estimate of drug-likeness (QED) is 0.171. The molecule has 1 atom stereocenters. The molecular weight excluding hydrogens is 693 g/mol. The van der Waals surface area contributed by atoms with Gasteiger partial charge >= 0.3 is 0 Å². The van der Waals surface area contributed by atoms with Crippen LogP contribution in [-0.2, 0) is 5.41 Å². The number of hydrogen-bond acceptors (Lipinski definition) is 1. The molecule has 0 saturated carbocycles. The zero-order valence-electron chi connectivity index (χ0n) is 30.4. The molecule has 0 bridgehead atoms. The molecule has 0 N–H and O–H groups in total. The average molecular weight is 725 g/mol. The van der Waals surface area contributed by atoms with Crippen molar-refractivity contribution in [1.82, 2.24) is 0 Å². The second-order valence-corrected chi connectivity index (χ2v) is 16.5. The van der Waals surface area contributed by atoms with Crippen LogP contribution in [0.4, 0.5) is 0 Å². The lowest BCUT2D eigenvalue weighted by Crippen LogP contribution is -2.25. The van der Waals surface area contributed by atoms with Crippen molar-refractivity contribution in [2.75, 3.05) is 0 Å². The minimum Gasteiger partial charge on any atom is -0.0881 e. The van der Waals surface area contributed by atoms with Gasteiger partial charge in [0.05, 0.1) is 5.41 Å². The van der Waals surface area contributed by atoms with Crippen molar-refractivity contribution in [3.63, 3.8) is 0 Å². The lowest BCUT2D eigenvalue weighted by molar-refractivity contribution is 0.795. The fourth-order valence-electron chi connectivity index (χ4n) is 10.6. The van der Waals surface area contributed by atoms with E-state index in [4.69, 9.17) is 0 Å². The van der Waals surface area contributed by atoms with Crippen LogP contribution in [0.2, 0.25) is 0 Å². The summed E-state index contributed by atoms with van der Waals surface area (Å²) in [4.78, 5) is 2.66. The van der Waals surface area contributed by atoms with Crippen LogP contribution in [0.5, 0.6) is 0 Å². The van der Waals surface area contributed by atoms with Crippen LogP contribution in [0, 0.1) is 0 Å². The number of benzene rings is 10. The highest BCUT2D eigenvalue weighted by atomic mass is 32.2. The van der Waals surface area contributed by atoms with Crippen molar-refractivity contribution < 1.29 is 0 Å². The molecule has 0 aromatic heterocycles. The molecular formula is C55H32S. The smallest absolute Gasteiger partial charge is 0.0725 e. The Morgan fingerprint density at radius 1 is 0.321 bits per heavy atom. The van der Waals surface area contributed by atoms with E-state index in [2.05, 4.69) is 194 Å². The largest absolute Gasteiger partial charge is 0.0881 e. The van der Waals surface area contributed by atoms with Crippen LogP contribution in [0.25, 0.3) is 88.0 Å². The standard InChI is InChI=1S/C55H32S/c1-2-14-37-33(12-1)26-31-49-53(37)46-19-6-9-22-48(46)55(49)47-21-8-5-17-41(47)42-27-25-35(32-50(42)55)36-29-30-40(39-16-4-3-15-38(36)39)45-28-24-34-13-11-20-44-43-18-7-10-23-51(43)56-54(45)52(34)44/h1-32H. The monoisotopic (exact) mass is 724 g/mol. The van der Waals surface area contributed by atoms with Gasteiger partial charge in [-0.1, -0.05) is 194 Å².